The molecule has 3 aromatic carbocycles. The normalized spacial score (nSPS) is 12.4. The highest BCUT2D eigenvalue weighted by atomic mass is 32.2. The van der Waals surface area contributed by atoms with Crippen molar-refractivity contribution >= 4 is 34.5 Å². The molecule has 0 aliphatic rings. The van der Waals surface area contributed by atoms with Crippen LogP contribution in [0.2, 0.25) is 18.6 Å². The molecule has 0 unspecified atom stereocenters. The summed E-state index contributed by atoms with van der Waals surface area (Å²) < 4.78 is 68.6. The SMILES string of the molecule is CC[Si](C)(CC)OC(=O)c1ccccc1C(OS(=O)(=O)c1ccccc1)OS(=O)(=O)c1ccccc1. The van der Waals surface area contributed by atoms with Crippen LogP contribution >= 0.6 is 0 Å². The molecule has 0 saturated carbocycles. The zero-order valence-corrected chi connectivity index (χ0v) is 22.8. The summed E-state index contributed by atoms with van der Waals surface area (Å²) in [6, 6.07) is 21.7. The van der Waals surface area contributed by atoms with E-state index in [1.54, 1.807) is 18.2 Å². The molecule has 8 nitrogen and oxygen atoms in total. The van der Waals surface area contributed by atoms with E-state index in [4.69, 9.17) is 12.8 Å². The van der Waals surface area contributed by atoms with Gasteiger partial charge in [-0.1, -0.05) is 68.4 Å². The molecule has 3 aromatic rings. The molecule has 192 valence electrons. The van der Waals surface area contributed by atoms with Gasteiger partial charge in [0, 0.05) is 5.56 Å². The second-order valence-electron chi connectivity index (χ2n) is 8.19. The average molecular weight is 549 g/mol. The summed E-state index contributed by atoms with van der Waals surface area (Å²) in [7, 11) is -11.3. The minimum atomic E-state index is -4.48. The maximum atomic E-state index is 13.2. The molecule has 0 atom stereocenters. The number of benzene rings is 3. The molecule has 0 N–H and O–H groups in total. The monoisotopic (exact) mass is 548 g/mol. The van der Waals surface area contributed by atoms with Gasteiger partial charge in [-0.2, -0.15) is 16.8 Å². The Balaban J connectivity index is 2.08. The van der Waals surface area contributed by atoms with Gasteiger partial charge in [0.15, 0.2) is 0 Å². The Kier molecular flexibility index (Phi) is 8.85. The molecule has 0 aromatic heterocycles. The Morgan fingerprint density at radius 2 is 1.14 bits per heavy atom. The Labute approximate surface area is 213 Å². The van der Waals surface area contributed by atoms with Crippen molar-refractivity contribution in [1.29, 1.82) is 0 Å². The maximum absolute atomic E-state index is 13.2. The second-order valence-corrected chi connectivity index (χ2v) is 15.9. The average Bonchev–Trinajstić information content (AvgIpc) is 2.89. The predicted octanol–water partition coefficient (Wildman–Crippen LogP) is 5.27. The van der Waals surface area contributed by atoms with E-state index in [-0.39, 0.29) is 20.9 Å². The van der Waals surface area contributed by atoms with Gasteiger partial charge in [0.2, 0.25) is 6.29 Å². The molecule has 36 heavy (non-hydrogen) atoms. The van der Waals surface area contributed by atoms with Crippen LogP contribution in [0, 0.1) is 0 Å². The highest BCUT2D eigenvalue weighted by Gasteiger charge is 2.35. The Bertz CT molecular complexity index is 1320. The first-order chi connectivity index (χ1) is 17.0. The molecule has 0 saturated heterocycles. The van der Waals surface area contributed by atoms with Gasteiger partial charge in [0.25, 0.3) is 28.6 Å². The topological polar surface area (TPSA) is 113 Å². The van der Waals surface area contributed by atoms with Crippen LogP contribution in [0.4, 0.5) is 0 Å². The first-order valence-corrected chi connectivity index (χ1v) is 16.9. The Morgan fingerprint density at radius 1 is 0.722 bits per heavy atom. The molecule has 0 radical (unpaired) electrons. The predicted molar refractivity (Wildman–Crippen MR) is 137 cm³/mol. The molecule has 0 amide bonds. The van der Waals surface area contributed by atoms with E-state index in [2.05, 4.69) is 0 Å². The lowest BCUT2D eigenvalue weighted by Gasteiger charge is -2.26. The lowest BCUT2D eigenvalue weighted by Crippen LogP contribution is -2.35. The van der Waals surface area contributed by atoms with Crippen LogP contribution in [-0.4, -0.2) is 31.1 Å². The summed E-state index contributed by atoms with van der Waals surface area (Å²) in [5, 5.41) is 0. The standard InChI is InChI=1S/C25H28O8S2Si/c1-4-36(3,5-2)33-24(26)22-18-12-13-19-23(22)25(31-34(27,28)20-14-8-6-9-15-20)32-35(29,30)21-16-10-7-11-17-21/h6-19,25H,4-5H2,1-3H3. The number of carbonyl (C=O) groups excluding carboxylic acids is 1. The fourth-order valence-corrected chi connectivity index (χ4v) is 6.54. The van der Waals surface area contributed by atoms with Crippen LogP contribution < -0.4 is 0 Å². The minimum Gasteiger partial charge on any atom is -0.516 e. The van der Waals surface area contributed by atoms with Crippen LogP contribution in [-0.2, 0) is 33.0 Å². The zero-order chi connectivity index (χ0) is 26.4. The van der Waals surface area contributed by atoms with Gasteiger partial charge < -0.3 is 4.43 Å². The molecule has 0 spiro atoms. The van der Waals surface area contributed by atoms with Crippen molar-refractivity contribution in [2.45, 2.75) is 48.6 Å². The van der Waals surface area contributed by atoms with Crippen LogP contribution in [0.15, 0.2) is 94.7 Å². The van der Waals surface area contributed by atoms with Crippen LogP contribution in [0.5, 0.6) is 0 Å². The summed E-state index contributed by atoms with van der Waals surface area (Å²) in [5.41, 5.74) is -0.139. The van der Waals surface area contributed by atoms with Gasteiger partial charge in [-0.05, 0) is 49.0 Å². The smallest absolute Gasteiger partial charge is 0.325 e. The zero-order valence-electron chi connectivity index (χ0n) is 20.2. The van der Waals surface area contributed by atoms with Crippen molar-refractivity contribution < 1.29 is 34.4 Å². The van der Waals surface area contributed by atoms with E-state index in [0.717, 1.165) is 0 Å². The van der Waals surface area contributed by atoms with Crippen molar-refractivity contribution in [1.82, 2.24) is 0 Å². The Hall–Kier alpha value is -2.83. The molecule has 3 rings (SSSR count). The van der Waals surface area contributed by atoms with E-state index < -0.39 is 40.8 Å². The molecule has 0 fully saturated rings. The molecular formula is C25H28O8S2Si. The summed E-state index contributed by atoms with van der Waals surface area (Å²) >= 11 is 0. The lowest BCUT2D eigenvalue weighted by atomic mass is 10.1. The van der Waals surface area contributed by atoms with E-state index >= 15 is 0 Å². The summed E-state index contributed by atoms with van der Waals surface area (Å²) in [4.78, 5) is 12.8. The van der Waals surface area contributed by atoms with Gasteiger partial charge in [0.05, 0.1) is 15.4 Å². The minimum absolute atomic E-state index is 0.0466. The third-order valence-electron chi connectivity index (χ3n) is 5.76. The van der Waals surface area contributed by atoms with Gasteiger partial charge in [0.1, 0.15) is 0 Å². The first-order valence-electron chi connectivity index (χ1n) is 11.3. The van der Waals surface area contributed by atoms with Gasteiger partial charge in [-0.3, -0.25) is 0 Å². The molecule has 11 heteroatoms. The molecule has 0 heterocycles. The van der Waals surface area contributed by atoms with Crippen molar-refractivity contribution in [3.05, 3.63) is 96.1 Å². The number of hydrogen-bond acceptors (Lipinski definition) is 8. The highest BCUT2D eigenvalue weighted by Crippen LogP contribution is 2.32. The van der Waals surface area contributed by atoms with Crippen LogP contribution in [0.25, 0.3) is 0 Å². The summed E-state index contributed by atoms with van der Waals surface area (Å²) in [6.07, 6.45) is -1.99. The van der Waals surface area contributed by atoms with E-state index in [1.165, 1.54) is 66.7 Å². The fraction of sp³-hybridized carbons (Fsp3) is 0.240. The van der Waals surface area contributed by atoms with Crippen molar-refractivity contribution in [2.24, 2.45) is 0 Å². The van der Waals surface area contributed by atoms with E-state index in [9.17, 15) is 21.6 Å². The fourth-order valence-electron chi connectivity index (χ4n) is 3.20. The largest absolute Gasteiger partial charge is 0.516 e. The summed E-state index contributed by atoms with van der Waals surface area (Å²) in [5.74, 6) is -0.699. The van der Waals surface area contributed by atoms with Gasteiger partial charge in [-0.15, -0.1) is 0 Å². The highest BCUT2D eigenvalue weighted by molar-refractivity contribution is 7.87. The van der Waals surface area contributed by atoms with Crippen LogP contribution in [0.1, 0.15) is 36.1 Å². The number of carbonyl (C=O) groups is 1. The van der Waals surface area contributed by atoms with E-state index in [0.29, 0.717) is 12.1 Å². The quantitative estimate of drug-likeness (QED) is 0.181. The van der Waals surface area contributed by atoms with Gasteiger partial charge in [-0.25, -0.2) is 13.2 Å². The molecule has 0 bridgehead atoms. The second kappa shape index (κ2) is 11.5. The molecular weight excluding hydrogens is 520 g/mol. The third kappa shape index (κ3) is 6.68. The maximum Gasteiger partial charge on any atom is 0.325 e. The van der Waals surface area contributed by atoms with Gasteiger partial charge >= 0.3 is 5.97 Å². The molecule has 0 aliphatic carbocycles. The van der Waals surface area contributed by atoms with E-state index in [1.807, 2.05) is 20.4 Å². The lowest BCUT2D eigenvalue weighted by molar-refractivity contribution is 0.0141. The first kappa shape index (κ1) is 27.7. The Morgan fingerprint density at radius 3 is 1.58 bits per heavy atom. The third-order valence-corrected chi connectivity index (χ3v) is 12.0. The van der Waals surface area contributed by atoms with Crippen molar-refractivity contribution in [3.63, 3.8) is 0 Å². The van der Waals surface area contributed by atoms with Crippen molar-refractivity contribution in [3.8, 4) is 0 Å². The summed E-state index contributed by atoms with van der Waals surface area (Å²) in [6.45, 7) is 5.78. The van der Waals surface area contributed by atoms with Crippen LogP contribution in [0.3, 0.4) is 0 Å². The molecule has 0 aliphatic heterocycles. The van der Waals surface area contributed by atoms with Crippen molar-refractivity contribution in [2.75, 3.05) is 0 Å². The number of hydrogen-bond donors (Lipinski definition) is 0. The number of rotatable bonds is 11.